The summed E-state index contributed by atoms with van der Waals surface area (Å²) in [6.07, 6.45) is -4.96. The number of carboxylic acids is 1. The Morgan fingerprint density at radius 3 is 2.25 bits per heavy atom. The third kappa shape index (κ3) is 2.13. The summed E-state index contributed by atoms with van der Waals surface area (Å²) in [5.41, 5.74) is -3.11. The van der Waals surface area contributed by atoms with E-state index in [1.807, 2.05) is 0 Å². The number of aromatic hydroxyl groups is 1. The molecule has 0 aliphatic heterocycles. The van der Waals surface area contributed by atoms with Gasteiger partial charge in [-0.3, -0.25) is 4.79 Å². The molecule has 1 rings (SSSR count). The van der Waals surface area contributed by atoms with Crippen molar-refractivity contribution in [2.45, 2.75) is 6.18 Å². The minimum Gasteiger partial charge on any atom is -0.507 e. The van der Waals surface area contributed by atoms with E-state index in [1.165, 1.54) is 0 Å². The summed E-state index contributed by atoms with van der Waals surface area (Å²) in [6.45, 7) is 0. The minimum absolute atomic E-state index is 0.103. The summed E-state index contributed by atoms with van der Waals surface area (Å²) < 4.78 is 37.1. The maximum absolute atomic E-state index is 12.4. The van der Waals surface area contributed by atoms with Gasteiger partial charge in [0.15, 0.2) is 6.29 Å². The molecule has 4 nitrogen and oxygen atoms in total. The summed E-state index contributed by atoms with van der Waals surface area (Å²) in [6, 6.07) is 0.695. The molecule has 16 heavy (non-hydrogen) atoms. The molecular formula is C9H5F3O4. The van der Waals surface area contributed by atoms with Crippen LogP contribution in [0, 0.1) is 0 Å². The van der Waals surface area contributed by atoms with E-state index < -0.39 is 34.6 Å². The standard InChI is InChI=1S/C9H5F3O4/c10-9(11,12)6-2-5(8(15)16)7(14)1-4(6)3-13/h1-3,14H,(H,15,16). The molecule has 0 saturated carbocycles. The summed E-state index contributed by atoms with van der Waals surface area (Å²) >= 11 is 0. The lowest BCUT2D eigenvalue weighted by atomic mass is 10.0. The molecule has 0 saturated heterocycles. The molecule has 7 heteroatoms. The summed E-state index contributed by atoms with van der Waals surface area (Å²) in [5, 5.41) is 17.6. The minimum atomic E-state index is -4.85. The van der Waals surface area contributed by atoms with Gasteiger partial charge in [0, 0.05) is 5.56 Å². The highest BCUT2D eigenvalue weighted by molar-refractivity contribution is 5.93. The van der Waals surface area contributed by atoms with E-state index in [-0.39, 0.29) is 12.4 Å². The number of aldehydes is 1. The van der Waals surface area contributed by atoms with Gasteiger partial charge in [0.25, 0.3) is 0 Å². The lowest BCUT2D eigenvalue weighted by Gasteiger charge is -2.11. The number of alkyl halides is 3. The van der Waals surface area contributed by atoms with Crippen LogP contribution in [0.5, 0.6) is 5.75 Å². The monoisotopic (exact) mass is 234 g/mol. The molecule has 0 fully saturated rings. The van der Waals surface area contributed by atoms with Crippen molar-refractivity contribution in [3.05, 3.63) is 28.8 Å². The van der Waals surface area contributed by atoms with Crippen molar-refractivity contribution in [1.29, 1.82) is 0 Å². The Kier molecular flexibility index (Phi) is 2.88. The zero-order valence-electron chi connectivity index (χ0n) is 7.58. The molecular weight excluding hydrogens is 229 g/mol. The maximum Gasteiger partial charge on any atom is 0.417 e. The Hall–Kier alpha value is -2.05. The predicted octanol–water partition coefficient (Wildman–Crippen LogP) is 1.92. The van der Waals surface area contributed by atoms with Gasteiger partial charge in [0.2, 0.25) is 0 Å². The first-order valence-corrected chi connectivity index (χ1v) is 3.90. The SMILES string of the molecule is O=Cc1cc(O)c(C(=O)O)cc1C(F)(F)F. The summed E-state index contributed by atoms with van der Waals surface area (Å²) in [7, 11) is 0. The average molecular weight is 234 g/mol. The third-order valence-corrected chi connectivity index (χ3v) is 1.83. The fourth-order valence-corrected chi connectivity index (χ4v) is 1.12. The van der Waals surface area contributed by atoms with E-state index in [9.17, 15) is 22.8 Å². The van der Waals surface area contributed by atoms with Gasteiger partial charge in [-0.05, 0) is 12.1 Å². The second-order valence-electron chi connectivity index (χ2n) is 2.88. The van der Waals surface area contributed by atoms with Gasteiger partial charge in [0.05, 0.1) is 5.56 Å². The van der Waals surface area contributed by atoms with Crippen molar-refractivity contribution >= 4 is 12.3 Å². The Morgan fingerprint density at radius 2 is 1.88 bits per heavy atom. The molecule has 0 aromatic heterocycles. The van der Waals surface area contributed by atoms with E-state index in [0.29, 0.717) is 6.07 Å². The number of hydrogen-bond donors (Lipinski definition) is 2. The Balaban J connectivity index is 3.53. The van der Waals surface area contributed by atoms with Crippen LogP contribution in [0.1, 0.15) is 26.3 Å². The molecule has 0 unspecified atom stereocenters. The smallest absolute Gasteiger partial charge is 0.417 e. The highest BCUT2D eigenvalue weighted by Crippen LogP contribution is 2.34. The fraction of sp³-hybridized carbons (Fsp3) is 0.111. The average Bonchev–Trinajstić information content (AvgIpc) is 2.14. The number of halogens is 3. The largest absolute Gasteiger partial charge is 0.507 e. The van der Waals surface area contributed by atoms with Gasteiger partial charge >= 0.3 is 12.1 Å². The van der Waals surface area contributed by atoms with Crippen LogP contribution in [0.25, 0.3) is 0 Å². The number of carbonyl (C=O) groups excluding carboxylic acids is 1. The molecule has 1 aromatic carbocycles. The highest BCUT2D eigenvalue weighted by atomic mass is 19.4. The number of aromatic carboxylic acids is 1. The van der Waals surface area contributed by atoms with Crippen LogP contribution in [-0.4, -0.2) is 22.5 Å². The van der Waals surface area contributed by atoms with Crippen LogP contribution in [0.15, 0.2) is 12.1 Å². The van der Waals surface area contributed by atoms with Gasteiger partial charge < -0.3 is 10.2 Å². The van der Waals surface area contributed by atoms with Crippen molar-refractivity contribution in [3.63, 3.8) is 0 Å². The van der Waals surface area contributed by atoms with Crippen molar-refractivity contribution in [1.82, 2.24) is 0 Å². The molecule has 0 spiro atoms. The summed E-state index contributed by atoms with van der Waals surface area (Å²) in [4.78, 5) is 20.8. The lowest BCUT2D eigenvalue weighted by molar-refractivity contribution is -0.137. The Labute approximate surface area is 86.9 Å². The lowest BCUT2D eigenvalue weighted by Crippen LogP contribution is -2.11. The van der Waals surface area contributed by atoms with Crippen molar-refractivity contribution in [3.8, 4) is 5.75 Å². The van der Waals surface area contributed by atoms with Crippen molar-refractivity contribution < 1.29 is 33.0 Å². The van der Waals surface area contributed by atoms with E-state index in [2.05, 4.69) is 0 Å². The van der Waals surface area contributed by atoms with Crippen LogP contribution in [0.2, 0.25) is 0 Å². The van der Waals surface area contributed by atoms with Crippen molar-refractivity contribution in [2.24, 2.45) is 0 Å². The first-order valence-electron chi connectivity index (χ1n) is 3.90. The van der Waals surface area contributed by atoms with Crippen LogP contribution in [0.4, 0.5) is 13.2 Å². The first kappa shape index (κ1) is 12.0. The van der Waals surface area contributed by atoms with Crippen LogP contribution < -0.4 is 0 Å². The number of carboxylic acid groups (broad SMARTS) is 1. The molecule has 2 N–H and O–H groups in total. The molecule has 86 valence electrons. The number of hydrogen-bond acceptors (Lipinski definition) is 3. The van der Waals surface area contributed by atoms with Gasteiger partial charge in [-0.1, -0.05) is 0 Å². The van der Waals surface area contributed by atoms with E-state index >= 15 is 0 Å². The molecule has 0 amide bonds. The number of carbonyl (C=O) groups is 2. The number of phenols is 1. The van der Waals surface area contributed by atoms with Crippen molar-refractivity contribution in [2.75, 3.05) is 0 Å². The molecule has 0 aliphatic rings. The number of rotatable bonds is 2. The molecule has 0 aliphatic carbocycles. The van der Waals surface area contributed by atoms with Gasteiger partial charge in [-0.15, -0.1) is 0 Å². The quantitative estimate of drug-likeness (QED) is 0.766. The predicted molar refractivity (Wildman–Crippen MR) is 45.5 cm³/mol. The molecule has 0 bridgehead atoms. The third-order valence-electron chi connectivity index (χ3n) is 1.83. The van der Waals surface area contributed by atoms with Crippen LogP contribution in [-0.2, 0) is 6.18 Å². The number of benzene rings is 1. The Morgan fingerprint density at radius 1 is 1.31 bits per heavy atom. The fourth-order valence-electron chi connectivity index (χ4n) is 1.12. The maximum atomic E-state index is 12.4. The molecule has 0 atom stereocenters. The Bertz CT molecular complexity index is 451. The first-order chi connectivity index (χ1) is 7.27. The normalized spacial score (nSPS) is 11.2. The zero-order chi connectivity index (χ0) is 12.5. The second kappa shape index (κ2) is 3.84. The van der Waals surface area contributed by atoms with E-state index in [1.54, 1.807) is 0 Å². The zero-order valence-corrected chi connectivity index (χ0v) is 7.58. The summed E-state index contributed by atoms with van der Waals surface area (Å²) in [5.74, 6) is -2.59. The van der Waals surface area contributed by atoms with Gasteiger partial charge in [0.1, 0.15) is 11.3 Å². The van der Waals surface area contributed by atoms with Gasteiger partial charge in [-0.25, -0.2) is 4.79 Å². The van der Waals surface area contributed by atoms with E-state index in [0.717, 1.165) is 0 Å². The topological polar surface area (TPSA) is 74.6 Å². The van der Waals surface area contributed by atoms with Crippen LogP contribution >= 0.6 is 0 Å². The molecule has 0 radical (unpaired) electrons. The highest BCUT2D eigenvalue weighted by Gasteiger charge is 2.35. The van der Waals surface area contributed by atoms with E-state index in [4.69, 9.17) is 10.2 Å². The second-order valence-corrected chi connectivity index (χ2v) is 2.88. The molecule has 0 heterocycles. The van der Waals surface area contributed by atoms with Gasteiger partial charge in [-0.2, -0.15) is 13.2 Å². The molecule has 1 aromatic rings. The van der Waals surface area contributed by atoms with Crippen LogP contribution in [0.3, 0.4) is 0 Å².